The molecular weight excluding hydrogens is 312 g/mol. The van der Waals surface area contributed by atoms with E-state index in [1.54, 1.807) is 0 Å². The highest BCUT2D eigenvalue weighted by Crippen LogP contribution is 2.26. The fraction of sp³-hybridized carbons (Fsp3) is 0.375. The van der Waals surface area contributed by atoms with E-state index in [4.69, 9.17) is 8.94 Å². The zero-order chi connectivity index (χ0) is 16.2. The lowest BCUT2D eigenvalue weighted by Crippen LogP contribution is -1.86. The maximum absolute atomic E-state index is 5.71. The summed E-state index contributed by atoms with van der Waals surface area (Å²) >= 11 is 1.39. The van der Waals surface area contributed by atoms with Gasteiger partial charge in [0.1, 0.15) is 0 Å². The second kappa shape index (κ2) is 6.95. The van der Waals surface area contributed by atoms with E-state index in [0.717, 1.165) is 24.2 Å². The van der Waals surface area contributed by atoms with Crippen molar-refractivity contribution in [3.05, 3.63) is 41.0 Å². The molecule has 1 aromatic carbocycles. The summed E-state index contributed by atoms with van der Waals surface area (Å²) in [7, 11) is 0. The van der Waals surface area contributed by atoms with Gasteiger partial charge >= 0.3 is 0 Å². The summed E-state index contributed by atoms with van der Waals surface area (Å²) in [6, 6.07) is 6.17. The van der Waals surface area contributed by atoms with Crippen LogP contribution in [0.5, 0.6) is 0 Å². The topological polar surface area (TPSA) is 77.8 Å². The van der Waals surface area contributed by atoms with Crippen molar-refractivity contribution in [3.8, 4) is 11.5 Å². The van der Waals surface area contributed by atoms with Crippen LogP contribution in [-0.2, 0) is 12.2 Å². The lowest BCUT2D eigenvalue weighted by molar-refractivity contribution is 0.384. The summed E-state index contributed by atoms with van der Waals surface area (Å²) in [5.74, 6) is 2.36. The fourth-order valence-electron chi connectivity index (χ4n) is 2.28. The number of rotatable bonds is 6. The first kappa shape index (κ1) is 15.7. The number of hydrogen-bond donors (Lipinski definition) is 0. The molecule has 0 saturated heterocycles. The summed E-state index contributed by atoms with van der Waals surface area (Å²) in [6.07, 6.45) is 1.82. The van der Waals surface area contributed by atoms with Crippen molar-refractivity contribution in [1.29, 1.82) is 0 Å². The van der Waals surface area contributed by atoms with Crippen LogP contribution in [0.15, 0.2) is 32.4 Å². The molecule has 0 radical (unpaired) electrons. The molecule has 2 heterocycles. The van der Waals surface area contributed by atoms with Gasteiger partial charge in [-0.25, -0.2) is 0 Å². The quantitative estimate of drug-likeness (QED) is 0.632. The molecule has 3 aromatic rings. The third-order valence-electron chi connectivity index (χ3n) is 3.18. The summed E-state index contributed by atoms with van der Waals surface area (Å²) in [5, 5.41) is 12.6. The Labute approximate surface area is 138 Å². The zero-order valence-corrected chi connectivity index (χ0v) is 14.2. The van der Waals surface area contributed by atoms with E-state index in [1.807, 2.05) is 26.0 Å². The van der Waals surface area contributed by atoms with Crippen LogP contribution in [0, 0.1) is 13.8 Å². The first-order valence-electron chi connectivity index (χ1n) is 7.50. The van der Waals surface area contributed by atoms with Crippen molar-refractivity contribution < 1.29 is 8.94 Å². The van der Waals surface area contributed by atoms with E-state index in [-0.39, 0.29) is 0 Å². The van der Waals surface area contributed by atoms with Gasteiger partial charge in [0.05, 0.1) is 5.75 Å². The first-order valence-corrected chi connectivity index (χ1v) is 8.49. The summed E-state index contributed by atoms with van der Waals surface area (Å²) in [4.78, 5) is 4.31. The van der Waals surface area contributed by atoms with Gasteiger partial charge in [0.25, 0.3) is 5.22 Å². The average Bonchev–Trinajstić information content (AvgIpc) is 3.13. The molecule has 7 heteroatoms. The van der Waals surface area contributed by atoms with Crippen LogP contribution in [0.4, 0.5) is 0 Å². The molecular formula is C16H18N4O2S. The van der Waals surface area contributed by atoms with Gasteiger partial charge in [-0.1, -0.05) is 41.0 Å². The Morgan fingerprint density at radius 1 is 1.09 bits per heavy atom. The van der Waals surface area contributed by atoms with Crippen molar-refractivity contribution >= 4 is 11.8 Å². The second-order valence-corrected chi connectivity index (χ2v) is 6.32. The van der Waals surface area contributed by atoms with Gasteiger partial charge < -0.3 is 8.94 Å². The molecule has 0 atom stereocenters. The van der Waals surface area contributed by atoms with Gasteiger partial charge in [-0.3, -0.25) is 0 Å². The minimum Gasteiger partial charge on any atom is -0.411 e. The molecule has 0 bridgehead atoms. The molecule has 120 valence electrons. The molecule has 0 aliphatic heterocycles. The number of nitrogens with zero attached hydrogens (tertiary/aromatic N) is 4. The minimum absolute atomic E-state index is 0.495. The molecule has 2 aromatic heterocycles. The van der Waals surface area contributed by atoms with Gasteiger partial charge in [0, 0.05) is 12.0 Å². The summed E-state index contributed by atoms with van der Waals surface area (Å²) < 4.78 is 10.9. The number of benzene rings is 1. The van der Waals surface area contributed by atoms with Crippen molar-refractivity contribution in [2.75, 3.05) is 0 Å². The van der Waals surface area contributed by atoms with Crippen LogP contribution in [0.25, 0.3) is 11.5 Å². The summed E-state index contributed by atoms with van der Waals surface area (Å²) in [5.41, 5.74) is 3.27. The van der Waals surface area contributed by atoms with Crippen LogP contribution in [0.1, 0.15) is 36.2 Å². The molecule has 0 spiro atoms. The molecule has 6 nitrogen and oxygen atoms in total. The van der Waals surface area contributed by atoms with Gasteiger partial charge in [-0.2, -0.15) is 4.98 Å². The maximum atomic E-state index is 5.71. The highest BCUT2D eigenvalue weighted by Gasteiger charge is 2.12. The van der Waals surface area contributed by atoms with E-state index in [1.165, 1.54) is 22.9 Å². The Balaban J connectivity index is 1.67. The van der Waals surface area contributed by atoms with Crippen LogP contribution >= 0.6 is 11.8 Å². The third-order valence-corrected chi connectivity index (χ3v) is 3.98. The smallest absolute Gasteiger partial charge is 0.277 e. The Morgan fingerprint density at radius 2 is 1.87 bits per heavy atom. The molecule has 23 heavy (non-hydrogen) atoms. The zero-order valence-electron chi connectivity index (χ0n) is 13.4. The molecule has 0 fully saturated rings. The predicted octanol–water partition coefficient (Wildman–Crippen LogP) is 3.98. The Kier molecular flexibility index (Phi) is 4.76. The van der Waals surface area contributed by atoms with E-state index in [2.05, 4.69) is 33.3 Å². The summed E-state index contributed by atoms with van der Waals surface area (Å²) in [6.45, 7) is 6.18. The van der Waals surface area contributed by atoms with Gasteiger partial charge in [-0.05, 0) is 32.4 Å². The number of thioether (sulfide) groups is 1. The first-order chi connectivity index (χ1) is 11.1. The van der Waals surface area contributed by atoms with Crippen LogP contribution < -0.4 is 0 Å². The molecule has 0 unspecified atom stereocenters. The van der Waals surface area contributed by atoms with Crippen molar-refractivity contribution in [2.45, 2.75) is 44.6 Å². The molecule has 0 saturated carbocycles. The third kappa shape index (κ3) is 3.98. The van der Waals surface area contributed by atoms with Crippen LogP contribution in [-0.4, -0.2) is 20.3 Å². The largest absolute Gasteiger partial charge is 0.411 e. The van der Waals surface area contributed by atoms with Crippen LogP contribution in [0.3, 0.4) is 0 Å². The molecule has 0 amide bonds. The fourth-order valence-corrected chi connectivity index (χ4v) is 2.88. The van der Waals surface area contributed by atoms with Crippen LogP contribution in [0.2, 0.25) is 0 Å². The standard InChI is InChI=1S/C16H18N4O2S/c1-4-5-13-17-14(22-20-13)9-23-16-19-18-15(21-16)12-7-10(2)6-11(3)8-12/h6-8H,4-5,9H2,1-3H3. The van der Waals surface area contributed by atoms with Gasteiger partial charge in [0.15, 0.2) is 5.82 Å². The monoisotopic (exact) mass is 330 g/mol. The Morgan fingerprint density at radius 3 is 2.61 bits per heavy atom. The highest BCUT2D eigenvalue weighted by molar-refractivity contribution is 7.98. The van der Waals surface area contributed by atoms with E-state index < -0.39 is 0 Å². The van der Waals surface area contributed by atoms with Crippen molar-refractivity contribution in [3.63, 3.8) is 0 Å². The van der Waals surface area contributed by atoms with E-state index >= 15 is 0 Å². The Hall–Kier alpha value is -2.15. The molecule has 3 rings (SSSR count). The minimum atomic E-state index is 0.495. The highest BCUT2D eigenvalue weighted by atomic mass is 32.2. The lowest BCUT2D eigenvalue weighted by Gasteiger charge is -1.99. The van der Waals surface area contributed by atoms with Gasteiger partial charge in [-0.15, -0.1) is 10.2 Å². The lowest BCUT2D eigenvalue weighted by atomic mass is 10.1. The second-order valence-electron chi connectivity index (χ2n) is 5.39. The molecule has 0 N–H and O–H groups in total. The average molecular weight is 330 g/mol. The predicted molar refractivity (Wildman–Crippen MR) is 87.1 cm³/mol. The van der Waals surface area contributed by atoms with E-state index in [0.29, 0.717) is 22.8 Å². The molecule has 0 aliphatic rings. The Bertz CT molecular complexity index is 777. The number of aryl methyl sites for hydroxylation is 3. The van der Waals surface area contributed by atoms with Crippen molar-refractivity contribution in [2.24, 2.45) is 0 Å². The number of hydrogen-bond acceptors (Lipinski definition) is 7. The van der Waals surface area contributed by atoms with Gasteiger partial charge in [0.2, 0.25) is 11.8 Å². The number of aromatic nitrogens is 4. The van der Waals surface area contributed by atoms with E-state index in [9.17, 15) is 0 Å². The normalized spacial score (nSPS) is 11.1. The molecule has 0 aliphatic carbocycles. The maximum Gasteiger partial charge on any atom is 0.277 e. The SMILES string of the molecule is CCCc1noc(CSc2nnc(-c3cc(C)cc(C)c3)o2)n1. The van der Waals surface area contributed by atoms with Crippen molar-refractivity contribution in [1.82, 2.24) is 20.3 Å².